The topological polar surface area (TPSA) is 41.1 Å². The Kier molecular flexibility index (Phi) is 5.98. The van der Waals surface area contributed by atoms with E-state index < -0.39 is 0 Å². The first-order chi connectivity index (χ1) is 10.2. The third kappa shape index (κ3) is 5.79. The molecule has 0 heterocycles. The molecule has 3 nitrogen and oxygen atoms in total. The summed E-state index contributed by atoms with van der Waals surface area (Å²) in [4.78, 5) is 11.8. The summed E-state index contributed by atoms with van der Waals surface area (Å²) in [5, 5.41) is 6.05. The normalized spacial score (nSPS) is 10.3. The van der Waals surface area contributed by atoms with Gasteiger partial charge in [0.2, 0.25) is 5.91 Å². The van der Waals surface area contributed by atoms with E-state index in [1.54, 1.807) is 0 Å². The van der Waals surface area contributed by atoms with Crippen molar-refractivity contribution in [2.75, 3.05) is 18.4 Å². The SMILES string of the molecule is Cc1ccc(NC(=O)CNCCCc2ccccc2)cc1. The van der Waals surface area contributed by atoms with Gasteiger partial charge in [0.25, 0.3) is 0 Å². The molecular weight excluding hydrogens is 260 g/mol. The zero-order valence-corrected chi connectivity index (χ0v) is 12.4. The average molecular weight is 282 g/mol. The van der Waals surface area contributed by atoms with E-state index in [4.69, 9.17) is 0 Å². The monoisotopic (exact) mass is 282 g/mol. The first kappa shape index (κ1) is 15.3. The minimum Gasteiger partial charge on any atom is -0.325 e. The van der Waals surface area contributed by atoms with Crippen LogP contribution < -0.4 is 10.6 Å². The average Bonchev–Trinajstić information content (AvgIpc) is 2.50. The zero-order valence-electron chi connectivity index (χ0n) is 12.4. The number of nitrogens with one attached hydrogen (secondary N) is 2. The standard InChI is InChI=1S/C18H22N2O/c1-15-9-11-17(12-10-15)20-18(21)14-19-13-5-8-16-6-3-2-4-7-16/h2-4,6-7,9-12,19H,5,8,13-14H2,1H3,(H,20,21). The molecule has 0 aliphatic carbocycles. The van der Waals surface area contributed by atoms with E-state index in [1.807, 2.05) is 37.3 Å². The van der Waals surface area contributed by atoms with Crippen molar-refractivity contribution >= 4 is 11.6 Å². The molecule has 1 amide bonds. The van der Waals surface area contributed by atoms with Crippen molar-refractivity contribution in [2.45, 2.75) is 19.8 Å². The molecule has 2 aromatic rings. The van der Waals surface area contributed by atoms with Gasteiger partial charge in [-0.05, 0) is 44.0 Å². The summed E-state index contributed by atoms with van der Waals surface area (Å²) in [5.74, 6) is -0.00133. The first-order valence-corrected chi connectivity index (χ1v) is 7.35. The lowest BCUT2D eigenvalue weighted by Gasteiger charge is -2.07. The van der Waals surface area contributed by atoms with Gasteiger partial charge in [-0.2, -0.15) is 0 Å². The maximum absolute atomic E-state index is 11.8. The molecule has 0 radical (unpaired) electrons. The second-order valence-electron chi connectivity index (χ2n) is 5.18. The molecule has 110 valence electrons. The van der Waals surface area contributed by atoms with Gasteiger partial charge < -0.3 is 10.6 Å². The zero-order chi connectivity index (χ0) is 14.9. The Morgan fingerprint density at radius 2 is 1.71 bits per heavy atom. The van der Waals surface area contributed by atoms with Crippen LogP contribution in [0.3, 0.4) is 0 Å². The summed E-state index contributed by atoms with van der Waals surface area (Å²) in [7, 11) is 0. The Labute approximate surface area is 126 Å². The van der Waals surface area contributed by atoms with E-state index in [-0.39, 0.29) is 5.91 Å². The highest BCUT2D eigenvalue weighted by Gasteiger charge is 2.01. The lowest BCUT2D eigenvalue weighted by atomic mass is 10.1. The van der Waals surface area contributed by atoms with Crippen molar-refractivity contribution in [3.8, 4) is 0 Å². The second-order valence-corrected chi connectivity index (χ2v) is 5.18. The van der Waals surface area contributed by atoms with E-state index in [2.05, 4.69) is 34.9 Å². The molecule has 0 spiro atoms. The van der Waals surface area contributed by atoms with E-state index in [0.717, 1.165) is 25.1 Å². The Morgan fingerprint density at radius 1 is 1.00 bits per heavy atom. The predicted octanol–water partition coefficient (Wildman–Crippen LogP) is 3.16. The van der Waals surface area contributed by atoms with Crippen LogP contribution in [0.4, 0.5) is 5.69 Å². The van der Waals surface area contributed by atoms with E-state index in [1.165, 1.54) is 11.1 Å². The fourth-order valence-electron chi connectivity index (χ4n) is 2.11. The summed E-state index contributed by atoms with van der Waals surface area (Å²) in [5.41, 5.74) is 3.37. The van der Waals surface area contributed by atoms with Crippen molar-refractivity contribution in [1.82, 2.24) is 5.32 Å². The second kappa shape index (κ2) is 8.22. The Balaban J connectivity index is 1.60. The van der Waals surface area contributed by atoms with Crippen molar-refractivity contribution in [2.24, 2.45) is 0 Å². The van der Waals surface area contributed by atoms with Gasteiger partial charge in [0.1, 0.15) is 0 Å². The van der Waals surface area contributed by atoms with Gasteiger partial charge >= 0.3 is 0 Å². The molecule has 3 heteroatoms. The van der Waals surface area contributed by atoms with Crippen LogP contribution in [-0.2, 0) is 11.2 Å². The number of aryl methyl sites for hydroxylation is 2. The summed E-state index contributed by atoms with van der Waals surface area (Å²) >= 11 is 0. The van der Waals surface area contributed by atoms with E-state index >= 15 is 0 Å². The van der Waals surface area contributed by atoms with Crippen molar-refractivity contribution in [3.63, 3.8) is 0 Å². The van der Waals surface area contributed by atoms with Crippen LogP contribution in [0, 0.1) is 6.92 Å². The first-order valence-electron chi connectivity index (χ1n) is 7.35. The summed E-state index contributed by atoms with van der Waals surface area (Å²) in [6, 6.07) is 18.2. The van der Waals surface area contributed by atoms with Crippen molar-refractivity contribution in [1.29, 1.82) is 0 Å². The van der Waals surface area contributed by atoms with Gasteiger partial charge in [0.05, 0.1) is 6.54 Å². The Bertz CT molecular complexity index is 549. The summed E-state index contributed by atoms with van der Waals surface area (Å²) < 4.78 is 0. The smallest absolute Gasteiger partial charge is 0.238 e. The largest absolute Gasteiger partial charge is 0.325 e. The van der Waals surface area contributed by atoms with Crippen molar-refractivity contribution in [3.05, 3.63) is 65.7 Å². The number of rotatable bonds is 7. The maximum Gasteiger partial charge on any atom is 0.238 e. The molecule has 0 aliphatic rings. The maximum atomic E-state index is 11.8. The number of hydrogen-bond donors (Lipinski definition) is 2. The third-order valence-corrected chi connectivity index (χ3v) is 3.28. The Morgan fingerprint density at radius 3 is 2.43 bits per heavy atom. The highest BCUT2D eigenvalue weighted by atomic mass is 16.1. The minimum atomic E-state index is -0.00133. The van der Waals surface area contributed by atoms with Gasteiger partial charge in [0.15, 0.2) is 0 Å². The highest BCUT2D eigenvalue weighted by Crippen LogP contribution is 2.08. The number of hydrogen-bond acceptors (Lipinski definition) is 2. The Hall–Kier alpha value is -2.13. The molecule has 0 atom stereocenters. The molecule has 0 saturated heterocycles. The molecule has 0 saturated carbocycles. The van der Waals surface area contributed by atoms with Gasteiger partial charge in [-0.25, -0.2) is 0 Å². The quantitative estimate of drug-likeness (QED) is 0.766. The lowest BCUT2D eigenvalue weighted by molar-refractivity contribution is -0.115. The van der Waals surface area contributed by atoms with Crippen LogP contribution in [0.5, 0.6) is 0 Å². The molecule has 0 bridgehead atoms. The molecule has 0 aromatic heterocycles. The molecule has 2 N–H and O–H groups in total. The third-order valence-electron chi connectivity index (χ3n) is 3.28. The van der Waals surface area contributed by atoms with Gasteiger partial charge in [0, 0.05) is 5.69 Å². The minimum absolute atomic E-state index is 0.00133. The molecule has 21 heavy (non-hydrogen) atoms. The van der Waals surface area contributed by atoms with Gasteiger partial charge in [-0.3, -0.25) is 4.79 Å². The number of carbonyl (C=O) groups excluding carboxylic acids is 1. The lowest BCUT2D eigenvalue weighted by Crippen LogP contribution is -2.28. The van der Waals surface area contributed by atoms with Gasteiger partial charge in [-0.1, -0.05) is 48.0 Å². The van der Waals surface area contributed by atoms with Crippen molar-refractivity contribution < 1.29 is 4.79 Å². The van der Waals surface area contributed by atoms with Crippen LogP contribution in [0.2, 0.25) is 0 Å². The number of carbonyl (C=O) groups is 1. The number of benzene rings is 2. The van der Waals surface area contributed by atoms with E-state index in [0.29, 0.717) is 6.54 Å². The summed E-state index contributed by atoms with van der Waals surface area (Å²) in [6.07, 6.45) is 2.06. The fraction of sp³-hybridized carbons (Fsp3) is 0.278. The number of amides is 1. The van der Waals surface area contributed by atoms with E-state index in [9.17, 15) is 4.79 Å². The molecule has 2 aromatic carbocycles. The molecular formula is C18H22N2O. The van der Waals surface area contributed by atoms with Crippen LogP contribution >= 0.6 is 0 Å². The fourth-order valence-corrected chi connectivity index (χ4v) is 2.11. The highest BCUT2D eigenvalue weighted by molar-refractivity contribution is 5.92. The molecule has 0 fully saturated rings. The van der Waals surface area contributed by atoms with Crippen LogP contribution in [0.1, 0.15) is 17.5 Å². The predicted molar refractivity (Wildman–Crippen MR) is 87.4 cm³/mol. The summed E-state index contributed by atoms with van der Waals surface area (Å²) in [6.45, 7) is 3.22. The van der Waals surface area contributed by atoms with Crippen LogP contribution in [0.15, 0.2) is 54.6 Å². The molecule has 0 unspecified atom stereocenters. The number of anilines is 1. The molecule has 2 rings (SSSR count). The molecule has 0 aliphatic heterocycles. The van der Waals surface area contributed by atoms with Crippen LogP contribution in [0.25, 0.3) is 0 Å². The van der Waals surface area contributed by atoms with Crippen LogP contribution in [-0.4, -0.2) is 19.0 Å². The van der Waals surface area contributed by atoms with Gasteiger partial charge in [-0.15, -0.1) is 0 Å².